The minimum atomic E-state index is 0.450. The average Bonchev–Trinajstić information content (AvgIpc) is 2.96. The standard InChI is InChI=1S/C23H22N2O3/c1-26-18-9-6-16(7-10-18)17-8-11-22-21(12-17)23(14-24-15-25-22)28-20-5-3-4-19(13-20)27-2/h3-7,9-10,12-13,15H,8,11,14H2,1-2H3. The van der Waals surface area contributed by atoms with Crippen molar-refractivity contribution in [3.8, 4) is 17.2 Å². The second-order valence-corrected chi connectivity index (χ2v) is 6.55. The zero-order chi connectivity index (χ0) is 19.3. The van der Waals surface area contributed by atoms with Gasteiger partial charge in [-0.3, -0.25) is 4.99 Å². The molecule has 5 heteroatoms. The molecule has 1 aliphatic heterocycles. The first-order valence-corrected chi connectivity index (χ1v) is 9.22. The zero-order valence-electron chi connectivity index (χ0n) is 16.0. The Bertz CT molecular complexity index is 985. The monoisotopic (exact) mass is 374 g/mol. The summed E-state index contributed by atoms with van der Waals surface area (Å²) in [4.78, 5) is 8.89. The van der Waals surface area contributed by atoms with Crippen LogP contribution in [0, 0.1) is 0 Å². The summed E-state index contributed by atoms with van der Waals surface area (Å²) in [5.41, 5.74) is 4.46. The van der Waals surface area contributed by atoms with Gasteiger partial charge in [0.05, 0.1) is 26.5 Å². The minimum absolute atomic E-state index is 0.450. The zero-order valence-corrected chi connectivity index (χ0v) is 16.0. The number of aliphatic imine (C=N–C) groups is 2. The molecule has 0 saturated carbocycles. The van der Waals surface area contributed by atoms with Crippen LogP contribution in [0.2, 0.25) is 0 Å². The molecule has 0 amide bonds. The van der Waals surface area contributed by atoms with Crippen LogP contribution < -0.4 is 14.2 Å². The van der Waals surface area contributed by atoms with E-state index in [0.29, 0.717) is 6.54 Å². The van der Waals surface area contributed by atoms with E-state index in [1.807, 2.05) is 36.4 Å². The molecule has 0 unspecified atom stereocenters. The van der Waals surface area contributed by atoms with Crippen molar-refractivity contribution >= 4 is 17.6 Å². The number of nitrogens with zero attached hydrogens (tertiary/aromatic N) is 2. The summed E-state index contributed by atoms with van der Waals surface area (Å²) in [5, 5.41) is 0. The maximum absolute atomic E-state index is 6.21. The molecule has 0 N–H and O–H groups in total. The van der Waals surface area contributed by atoms with Gasteiger partial charge in [-0.15, -0.1) is 0 Å². The fourth-order valence-corrected chi connectivity index (χ4v) is 3.34. The van der Waals surface area contributed by atoms with E-state index in [1.165, 1.54) is 11.1 Å². The van der Waals surface area contributed by atoms with Crippen molar-refractivity contribution in [2.24, 2.45) is 9.98 Å². The molecule has 1 aliphatic carbocycles. The number of hydrogen-bond acceptors (Lipinski definition) is 5. The number of fused-ring (bicyclic) bond motifs is 1. The van der Waals surface area contributed by atoms with E-state index in [0.717, 1.165) is 47.1 Å². The highest BCUT2D eigenvalue weighted by Gasteiger charge is 2.21. The Morgan fingerprint density at radius 1 is 0.857 bits per heavy atom. The lowest BCUT2D eigenvalue weighted by Gasteiger charge is -2.20. The van der Waals surface area contributed by atoms with Crippen molar-refractivity contribution in [3.63, 3.8) is 0 Å². The topological polar surface area (TPSA) is 52.4 Å². The molecule has 0 saturated heterocycles. The summed E-state index contributed by atoms with van der Waals surface area (Å²) in [6, 6.07) is 15.7. The molecule has 0 spiro atoms. The summed E-state index contributed by atoms with van der Waals surface area (Å²) < 4.78 is 16.8. The normalized spacial score (nSPS) is 15.9. The number of methoxy groups -OCH3 is 2. The van der Waals surface area contributed by atoms with Crippen LogP contribution in [0.25, 0.3) is 5.57 Å². The summed E-state index contributed by atoms with van der Waals surface area (Å²) in [6.07, 6.45) is 5.58. The molecule has 2 aliphatic rings. The van der Waals surface area contributed by atoms with Gasteiger partial charge in [-0.05, 0) is 54.3 Å². The molecule has 0 radical (unpaired) electrons. The van der Waals surface area contributed by atoms with Gasteiger partial charge in [0.15, 0.2) is 0 Å². The Hall–Kier alpha value is -3.34. The lowest BCUT2D eigenvalue weighted by molar-refractivity contribution is 0.395. The van der Waals surface area contributed by atoms with Crippen molar-refractivity contribution in [2.45, 2.75) is 12.8 Å². The Morgan fingerprint density at radius 3 is 2.43 bits per heavy atom. The molecule has 28 heavy (non-hydrogen) atoms. The second kappa shape index (κ2) is 8.13. The Morgan fingerprint density at radius 2 is 1.64 bits per heavy atom. The number of rotatable bonds is 5. The van der Waals surface area contributed by atoms with Crippen LogP contribution in [0.1, 0.15) is 18.4 Å². The highest BCUT2D eigenvalue weighted by molar-refractivity contribution is 6.10. The van der Waals surface area contributed by atoms with Gasteiger partial charge in [0, 0.05) is 11.6 Å². The fraction of sp³-hybridized carbons (Fsp3) is 0.217. The third-order valence-electron chi connectivity index (χ3n) is 4.83. The van der Waals surface area contributed by atoms with Crippen LogP contribution in [-0.2, 0) is 0 Å². The highest BCUT2D eigenvalue weighted by Crippen LogP contribution is 2.32. The molecular formula is C23H22N2O3. The highest BCUT2D eigenvalue weighted by atomic mass is 16.5. The predicted molar refractivity (Wildman–Crippen MR) is 112 cm³/mol. The molecule has 5 nitrogen and oxygen atoms in total. The van der Waals surface area contributed by atoms with Gasteiger partial charge >= 0.3 is 0 Å². The van der Waals surface area contributed by atoms with Gasteiger partial charge in [-0.25, -0.2) is 4.99 Å². The molecule has 0 fully saturated rings. The average molecular weight is 374 g/mol. The molecule has 2 aromatic rings. The maximum atomic E-state index is 6.21. The van der Waals surface area contributed by atoms with E-state index in [4.69, 9.17) is 14.2 Å². The first kappa shape index (κ1) is 18.0. The first-order valence-electron chi connectivity index (χ1n) is 9.22. The SMILES string of the molecule is COc1ccc(C2=CC3=C(Oc4cccc(OC)c4)CN=CN=C3CC2)cc1. The molecule has 0 bridgehead atoms. The quantitative estimate of drug-likeness (QED) is 0.762. The summed E-state index contributed by atoms with van der Waals surface area (Å²) in [7, 11) is 3.32. The second-order valence-electron chi connectivity index (χ2n) is 6.55. The van der Waals surface area contributed by atoms with Crippen molar-refractivity contribution in [1.29, 1.82) is 0 Å². The first-order chi connectivity index (χ1) is 13.8. The van der Waals surface area contributed by atoms with Crippen LogP contribution >= 0.6 is 0 Å². The van der Waals surface area contributed by atoms with E-state index >= 15 is 0 Å². The van der Waals surface area contributed by atoms with Gasteiger partial charge in [-0.1, -0.05) is 18.2 Å². The van der Waals surface area contributed by atoms with E-state index in [9.17, 15) is 0 Å². The van der Waals surface area contributed by atoms with Gasteiger partial charge in [0.1, 0.15) is 29.3 Å². The van der Waals surface area contributed by atoms with E-state index in [1.54, 1.807) is 20.6 Å². The van der Waals surface area contributed by atoms with Crippen LogP contribution in [0.15, 0.2) is 75.9 Å². The molecule has 0 aromatic heterocycles. The third kappa shape index (κ3) is 3.83. The predicted octanol–water partition coefficient (Wildman–Crippen LogP) is 4.70. The third-order valence-corrected chi connectivity index (χ3v) is 4.83. The number of benzene rings is 2. The van der Waals surface area contributed by atoms with Crippen LogP contribution in [0.3, 0.4) is 0 Å². The smallest absolute Gasteiger partial charge is 0.135 e. The molecule has 1 heterocycles. The van der Waals surface area contributed by atoms with E-state index in [-0.39, 0.29) is 0 Å². The Kier molecular flexibility index (Phi) is 5.24. The largest absolute Gasteiger partial charge is 0.497 e. The summed E-state index contributed by atoms with van der Waals surface area (Å²) in [5.74, 6) is 3.13. The van der Waals surface area contributed by atoms with Crippen LogP contribution in [0.4, 0.5) is 0 Å². The van der Waals surface area contributed by atoms with Gasteiger partial charge in [-0.2, -0.15) is 0 Å². The summed E-state index contributed by atoms with van der Waals surface area (Å²) >= 11 is 0. The number of hydrogen-bond donors (Lipinski definition) is 0. The van der Waals surface area contributed by atoms with Crippen LogP contribution in [-0.4, -0.2) is 32.8 Å². The number of ether oxygens (including phenoxy) is 3. The van der Waals surface area contributed by atoms with Crippen LogP contribution in [0.5, 0.6) is 17.2 Å². The molecule has 142 valence electrons. The van der Waals surface area contributed by atoms with Gasteiger partial charge in [0.2, 0.25) is 0 Å². The molecular weight excluding hydrogens is 352 g/mol. The molecule has 2 aromatic carbocycles. The van der Waals surface area contributed by atoms with E-state index < -0.39 is 0 Å². The van der Waals surface area contributed by atoms with Crippen molar-refractivity contribution in [2.75, 3.05) is 20.8 Å². The lowest BCUT2D eigenvalue weighted by atomic mass is 9.88. The lowest BCUT2D eigenvalue weighted by Crippen LogP contribution is -2.13. The summed E-state index contributed by atoms with van der Waals surface area (Å²) in [6.45, 7) is 0.450. The maximum Gasteiger partial charge on any atom is 0.135 e. The van der Waals surface area contributed by atoms with Crippen molar-refractivity contribution < 1.29 is 14.2 Å². The fourth-order valence-electron chi connectivity index (χ4n) is 3.34. The van der Waals surface area contributed by atoms with Crippen molar-refractivity contribution in [3.05, 3.63) is 71.5 Å². The van der Waals surface area contributed by atoms with E-state index in [2.05, 4.69) is 28.2 Å². The van der Waals surface area contributed by atoms with Gasteiger partial charge < -0.3 is 14.2 Å². The van der Waals surface area contributed by atoms with Crippen molar-refractivity contribution in [1.82, 2.24) is 0 Å². The Balaban J connectivity index is 1.70. The number of allylic oxidation sites excluding steroid dienone is 3. The van der Waals surface area contributed by atoms with Gasteiger partial charge in [0.25, 0.3) is 0 Å². The molecule has 0 atom stereocenters. The Labute approximate surface area is 164 Å². The minimum Gasteiger partial charge on any atom is -0.497 e. The molecule has 4 rings (SSSR count).